The van der Waals surface area contributed by atoms with Crippen molar-refractivity contribution in [2.45, 2.75) is 24.1 Å². The first-order valence-corrected chi connectivity index (χ1v) is 9.96. The van der Waals surface area contributed by atoms with Gasteiger partial charge in [0.1, 0.15) is 5.25 Å². The first-order chi connectivity index (χ1) is 12.2. The first-order valence-electron chi connectivity index (χ1n) is 7.97. The van der Waals surface area contributed by atoms with Gasteiger partial charge in [-0.15, -0.1) is 0 Å². The molecule has 0 aliphatic heterocycles. The van der Waals surface area contributed by atoms with E-state index in [-0.39, 0.29) is 5.56 Å². The van der Waals surface area contributed by atoms with E-state index in [1.54, 1.807) is 49.1 Å². The number of benzene rings is 1. The van der Waals surface area contributed by atoms with Crippen LogP contribution in [0.3, 0.4) is 0 Å². The summed E-state index contributed by atoms with van der Waals surface area (Å²) in [6, 6.07) is 5.21. The Balaban J connectivity index is 2.18. The molecule has 26 heavy (non-hydrogen) atoms. The minimum atomic E-state index is -3.90. The molecule has 1 aliphatic rings. The van der Waals surface area contributed by atoms with Gasteiger partial charge in [0.25, 0.3) is 5.56 Å². The molecule has 7 nitrogen and oxygen atoms in total. The Morgan fingerprint density at radius 1 is 1.42 bits per heavy atom. The number of primary sulfonamides is 1. The molecule has 9 heteroatoms. The van der Waals surface area contributed by atoms with Crippen molar-refractivity contribution in [3.05, 3.63) is 57.4 Å². The molecule has 3 N–H and O–H groups in total. The van der Waals surface area contributed by atoms with Crippen LogP contribution in [0.15, 0.2) is 46.3 Å². The van der Waals surface area contributed by atoms with Crippen LogP contribution in [0.4, 0.5) is 0 Å². The van der Waals surface area contributed by atoms with E-state index < -0.39 is 20.7 Å². The third-order valence-electron chi connectivity index (χ3n) is 4.83. The zero-order chi connectivity index (χ0) is 19.1. The number of rotatable bonds is 5. The summed E-state index contributed by atoms with van der Waals surface area (Å²) >= 11 is 6.41. The fourth-order valence-electron chi connectivity index (χ4n) is 3.36. The lowest BCUT2D eigenvalue weighted by Crippen LogP contribution is -2.45. The average molecular weight is 398 g/mol. The number of aromatic amines is 1. The fourth-order valence-corrected chi connectivity index (χ4v) is 4.95. The normalized spacial score (nSPS) is 23.4. The van der Waals surface area contributed by atoms with Crippen LogP contribution in [0.2, 0.25) is 0 Å². The Bertz CT molecular complexity index is 1070. The number of nitrogens with two attached hydrogens (primary N) is 1. The molecule has 0 bridgehead atoms. The lowest BCUT2D eigenvalue weighted by molar-refractivity contribution is 0.184. The summed E-state index contributed by atoms with van der Waals surface area (Å²) in [5.74, 6) is 0. The summed E-state index contributed by atoms with van der Waals surface area (Å²) in [7, 11) is -2.32. The van der Waals surface area contributed by atoms with Crippen molar-refractivity contribution in [2.24, 2.45) is 5.14 Å². The van der Waals surface area contributed by atoms with Gasteiger partial charge in [0.15, 0.2) is 0 Å². The number of fused-ring (bicyclic) bond motifs is 1. The fraction of sp³-hybridized carbons (Fsp3) is 0.353. The largest absolute Gasteiger partial charge is 0.383 e. The number of ether oxygens (including phenoxy) is 1. The highest BCUT2D eigenvalue weighted by Crippen LogP contribution is 2.43. The second-order valence-electron chi connectivity index (χ2n) is 6.43. The maximum atomic E-state index is 12.3. The van der Waals surface area contributed by atoms with Crippen molar-refractivity contribution in [3.63, 3.8) is 0 Å². The molecule has 1 aromatic carbocycles. The van der Waals surface area contributed by atoms with Gasteiger partial charge >= 0.3 is 0 Å². The molecule has 0 spiro atoms. The number of halogens is 1. The third kappa shape index (κ3) is 3.03. The van der Waals surface area contributed by atoms with E-state index in [2.05, 4.69) is 5.10 Å². The van der Waals surface area contributed by atoms with Crippen LogP contribution in [0.25, 0.3) is 10.9 Å². The summed E-state index contributed by atoms with van der Waals surface area (Å²) in [5.41, 5.74) is -0.0399. The smallest absolute Gasteiger partial charge is 0.271 e. The Morgan fingerprint density at radius 3 is 2.81 bits per heavy atom. The highest BCUT2D eigenvalue weighted by atomic mass is 35.5. The van der Waals surface area contributed by atoms with E-state index in [1.807, 2.05) is 0 Å². The van der Waals surface area contributed by atoms with E-state index in [0.717, 1.165) is 0 Å². The zero-order valence-electron chi connectivity index (χ0n) is 14.4. The molecule has 0 saturated heterocycles. The maximum Gasteiger partial charge on any atom is 0.271 e. The van der Waals surface area contributed by atoms with E-state index >= 15 is 0 Å². The predicted molar refractivity (Wildman–Crippen MR) is 102 cm³/mol. The predicted octanol–water partition coefficient (Wildman–Crippen LogP) is 1.58. The standard InChI is InChI=1S/C17H20ClN3O4S/c1-17(14(18)4-3-5-15(17)26(19,23)24)11-6-7-13-12(10-11)16(22)20-21(13)8-9-25-2/h3-7,10,15H,8-9H2,1-2H3,(H,20,22)(H2,19,23,24). The van der Waals surface area contributed by atoms with Crippen LogP contribution in [0.1, 0.15) is 12.5 Å². The molecule has 0 saturated carbocycles. The van der Waals surface area contributed by atoms with Gasteiger partial charge in [0.05, 0.1) is 24.1 Å². The van der Waals surface area contributed by atoms with Crippen LogP contribution in [-0.4, -0.2) is 37.2 Å². The van der Waals surface area contributed by atoms with Gasteiger partial charge in [-0.2, -0.15) is 0 Å². The number of hydrogen-bond acceptors (Lipinski definition) is 4. The molecule has 0 amide bonds. The lowest BCUT2D eigenvalue weighted by atomic mass is 9.76. The van der Waals surface area contributed by atoms with Crippen LogP contribution < -0.4 is 10.7 Å². The molecule has 2 aromatic rings. The van der Waals surface area contributed by atoms with E-state index in [9.17, 15) is 13.2 Å². The van der Waals surface area contributed by atoms with E-state index in [1.165, 1.54) is 6.08 Å². The molecule has 2 atom stereocenters. The molecule has 0 fully saturated rings. The summed E-state index contributed by atoms with van der Waals surface area (Å²) in [4.78, 5) is 12.3. The first kappa shape index (κ1) is 18.9. The lowest BCUT2D eigenvalue weighted by Gasteiger charge is -2.36. The number of nitrogens with one attached hydrogen (secondary N) is 1. The van der Waals surface area contributed by atoms with E-state index in [4.69, 9.17) is 21.5 Å². The second-order valence-corrected chi connectivity index (χ2v) is 8.52. The van der Waals surface area contributed by atoms with Gasteiger partial charge in [0, 0.05) is 17.6 Å². The molecule has 140 valence electrons. The number of nitrogens with zero attached hydrogens (tertiary/aromatic N) is 1. The number of hydrogen-bond donors (Lipinski definition) is 2. The molecule has 2 unspecified atom stereocenters. The summed E-state index contributed by atoms with van der Waals surface area (Å²) in [5, 5.41) is 7.96. The van der Waals surface area contributed by atoms with Gasteiger partial charge in [-0.05, 0) is 30.7 Å². The molecule has 1 heterocycles. The van der Waals surface area contributed by atoms with Gasteiger partial charge in [-0.1, -0.05) is 29.8 Å². The van der Waals surface area contributed by atoms with Crippen molar-refractivity contribution in [3.8, 4) is 0 Å². The summed E-state index contributed by atoms with van der Waals surface area (Å²) < 4.78 is 31.0. The number of allylic oxidation sites excluding steroid dienone is 3. The minimum Gasteiger partial charge on any atom is -0.383 e. The molecule has 1 aliphatic carbocycles. The average Bonchev–Trinajstić information content (AvgIpc) is 2.90. The molecular formula is C17H20ClN3O4S. The van der Waals surface area contributed by atoms with E-state index in [0.29, 0.717) is 34.7 Å². The highest BCUT2D eigenvalue weighted by Gasteiger charge is 2.45. The van der Waals surface area contributed by atoms with Gasteiger partial charge in [-0.3, -0.25) is 14.6 Å². The zero-order valence-corrected chi connectivity index (χ0v) is 16.0. The number of sulfonamides is 1. The molecular weight excluding hydrogens is 378 g/mol. The molecule has 3 rings (SSSR count). The van der Waals surface area contributed by atoms with Crippen molar-refractivity contribution < 1.29 is 13.2 Å². The highest BCUT2D eigenvalue weighted by molar-refractivity contribution is 7.90. The van der Waals surface area contributed by atoms with Crippen molar-refractivity contribution >= 4 is 32.5 Å². The Labute approximate surface area is 156 Å². The Morgan fingerprint density at radius 2 is 2.15 bits per heavy atom. The third-order valence-corrected chi connectivity index (χ3v) is 6.69. The van der Waals surface area contributed by atoms with Gasteiger partial charge in [-0.25, -0.2) is 13.6 Å². The van der Waals surface area contributed by atoms with Crippen molar-refractivity contribution in [2.75, 3.05) is 13.7 Å². The van der Waals surface area contributed by atoms with Gasteiger partial charge in [0.2, 0.25) is 10.0 Å². The van der Waals surface area contributed by atoms with Gasteiger partial charge < -0.3 is 4.74 Å². The SMILES string of the molecule is COCCn1[nH]c(=O)c2cc(C3(C)C(Cl)=CC=CC3S(N)(=O)=O)ccc21. The second kappa shape index (κ2) is 6.70. The summed E-state index contributed by atoms with van der Waals surface area (Å²) in [6.45, 7) is 2.66. The number of methoxy groups -OCH3 is 1. The minimum absolute atomic E-state index is 0.264. The number of aromatic nitrogens is 2. The van der Waals surface area contributed by atoms with Crippen molar-refractivity contribution in [1.29, 1.82) is 0 Å². The Kier molecular flexibility index (Phi) is 4.87. The van der Waals surface area contributed by atoms with Crippen LogP contribution >= 0.6 is 11.6 Å². The monoisotopic (exact) mass is 397 g/mol. The van der Waals surface area contributed by atoms with Crippen LogP contribution in [-0.2, 0) is 26.7 Å². The molecule has 1 aromatic heterocycles. The number of H-pyrrole nitrogens is 1. The molecule has 0 radical (unpaired) electrons. The maximum absolute atomic E-state index is 12.3. The quantitative estimate of drug-likeness (QED) is 0.798. The van der Waals surface area contributed by atoms with Crippen LogP contribution in [0.5, 0.6) is 0 Å². The van der Waals surface area contributed by atoms with Crippen LogP contribution in [0, 0.1) is 0 Å². The topological polar surface area (TPSA) is 107 Å². The Hall–Kier alpha value is -1.87. The summed E-state index contributed by atoms with van der Waals surface area (Å²) in [6.07, 6.45) is 4.73. The van der Waals surface area contributed by atoms with Crippen molar-refractivity contribution in [1.82, 2.24) is 9.78 Å².